The first-order valence-corrected chi connectivity index (χ1v) is 10.9. The van der Waals surface area contributed by atoms with E-state index in [4.69, 9.17) is 9.47 Å². The molecule has 25 heavy (non-hydrogen) atoms. The molecule has 0 N–H and O–H groups in total. The number of piperidine rings is 2. The van der Waals surface area contributed by atoms with Crippen molar-refractivity contribution >= 4 is 0 Å². The van der Waals surface area contributed by atoms with Crippen LogP contribution in [0.25, 0.3) is 0 Å². The molecule has 2 unspecified atom stereocenters. The van der Waals surface area contributed by atoms with Gasteiger partial charge in [-0.1, -0.05) is 0 Å². The highest BCUT2D eigenvalue weighted by Gasteiger charge is 2.49. The first-order chi connectivity index (χ1) is 12.0. The number of likely N-dealkylation sites (tertiary alicyclic amines) is 2. The Kier molecular flexibility index (Phi) is 5.18. The summed E-state index contributed by atoms with van der Waals surface area (Å²) in [6.07, 6.45) is 11.8. The van der Waals surface area contributed by atoms with Crippen LogP contribution in [0.3, 0.4) is 0 Å². The van der Waals surface area contributed by atoms with E-state index < -0.39 is 0 Å². The topological polar surface area (TPSA) is 18.5 Å². The first-order valence-electron chi connectivity index (χ1n) is 10.9. The van der Waals surface area contributed by atoms with E-state index in [-0.39, 0.29) is 0 Å². The van der Waals surface area contributed by atoms with Gasteiger partial charge in [-0.15, -0.1) is 0 Å². The number of quaternary nitrogens is 2. The van der Waals surface area contributed by atoms with Gasteiger partial charge in [0.15, 0.2) is 0 Å². The highest BCUT2D eigenvalue weighted by atomic mass is 16.5. The fourth-order valence-electron chi connectivity index (χ4n) is 6.17. The lowest BCUT2D eigenvalue weighted by Crippen LogP contribution is -2.52. The van der Waals surface area contributed by atoms with E-state index in [2.05, 4.69) is 14.1 Å². The van der Waals surface area contributed by atoms with Crippen molar-refractivity contribution in [2.45, 2.75) is 63.6 Å². The van der Waals surface area contributed by atoms with Gasteiger partial charge < -0.3 is 18.4 Å². The normalized spacial score (nSPS) is 40.6. The van der Waals surface area contributed by atoms with E-state index in [0.717, 1.165) is 13.2 Å². The van der Waals surface area contributed by atoms with Crippen molar-refractivity contribution in [2.24, 2.45) is 5.41 Å². The summed E-state index contributed by atoms with van der Waals surface area (Å²) in [6.45, 7) is 9.73. The second-order valence-electron chi connectivity index (χ2n) is 10.4. The van der Waals surface area contributed by atoms with E-state index in [9.17, 15) is 0 Å². The standard InChI is InChI=1S/C21H40N2O2/c1-22(9-5-3-6-10-22)15-19-13-21(17-24-19)14-20(25-18-21)16-23(2)11-7-4-8-12-23/h19-20H,3-18H2,1-2H3/q+2. The minimum Gasteiger partial charge on any atom is -0.372 e. The Labute approximate surface area is 154 Å². The Morgan fingerprint density at radius 1 is 0.680 bits per heavy atom. The fraction of sp³-hybridized carbons (Fsp3) is 1.00. The maximum Gasteiger partial charge on any atom is 0.107 e. The van der Waals surface area contributed by atoms with Gasteiger partial charge in [0.1, 0.15) is 25.3 Å². The molecule has 1 spiro atoms. The monoisotopic (exact) mass is 352 g/mol. The Balaban J connectivity index is 1.29. The van der Waals surface area contributed by atoms with E-state index in [1.807, 2.05) is 0 Å². The van der Waals surface area contributed by atoms with Crippen molar-refractivity contribution in [2.75, 3.05) is 66.6 Å². The van der Waals surface area contributed by atoms with Crippen LogP contribution in [0.2, 0.25) is 0 Å². The van der Waals surface area contributed by atoms with Crippen molar-refractivity contribution in [3.8, 4) is 0 Å². The van der Waals surface area contributed by atoms with E-state index in [1.165, 1.54) is 99.6 Å². The summed E-state index contributed by atoms with van der Waals surface area (Å²) in [6, 6.07) is 0. The molecule has 144 valence electrons. The molecule has 4 fully saturated rings. The Hall–Kier alpha value is -0.160. The van der Waals surface area contributed by atoms with E-state index in [0.29, 0.717) is 17.6 Å². The van der Waals surface area contributed by atoms with Crippen molar-refractivity contribution in [1.29, 1.82) is 0 Å². The van der Waals surface area contributed by atoms with Gasteiger partial charge in [0.2, 0.25) is 0 Å². The van der Waals surface area contributed by atoms with Crippen LogP contribution in [0.1, 0.15) is 51.4 Å². The highest BCUT2D eigenvalue weighted by molar-refractivity contribution is 4.94. The molecule has 0 aliphatic carbocycles. The molecule has 0 aromatic carbocycles. The average Bonchev–Trinajstić information content (AvgIpc) is 3.14. The van der Waals surface area contributed by atoms with Gasteiger partial charge in [-0.05, 0) is 51.4 Å². The molecule has 0 radical (unpaired) electrons. The third-order valence-corrected chi connectivity index (χ3v) is 7.65. The molecule has 2 atom stereocenters. The molecule has 0 aromatic heterocycles. The zero-order valence-electron chi connectivity index (χ0n) is 16.7. The molecule has 0 saturated carbocycles. The van der Waals surface area contributed by atoms with Crippen molar-refractivity contribution in [3.05, 3.63) is 0 Å². The number of ether oxygens (including phenoxy) is 2. The smallest absolute Gasteiger partial charge is 0.107 e. The summed E-state index contributed by atoms with van der Waals surface area (Å²) in [5.74, 6) is 0. The summed E-state index contributed by atoms with van der Waals surface area (Å²) < 4.78 is 15.1. The van der Waals surface area contributed by atoms with Crippen LogP contribution in [0.15, 0.2) is 0 Å². The van der Waals surface area contributed by atoms with Crippen LogP contribution < -0.4 is 0 Å². The van der Waals surface area contributed by atoms with Gasteiger partial charge in [0, 0.05) is 5.41 Å². The molecule has 4 heteroatoms. The predicted molar refractivity (Wildman–Crippen MR) is 100 cm³/mol. The van der Waals surface area contributed by atoms with Crippen molar-refractivity contribution in [3.63, 3.8) is 0 Å². The Bertz CT molecular complexity index is 413. The molecule has 4 aliphatic rings. The SMILES string of the molecule is C[N+]1(CC2CC3(CO2)COC(C[N+]2(C)CCCCC2)C3)CCCCC1. The minimum absolute atomic E-state index is 0.333. The van der Waals surface area contributed by atoms with Crippen LogP contribution in [-0.2, 0) is 9.47 Å². The molecular formula is C21H40N2O2+2. The number of hydrogen-bond acceptors (Lipinski definition) is 2. The maximum atomic E-state index is 6.32. The molecule has 0 aromatic rings. The average molecular weight is 353 g/mol. The second kappa shape index (κ2) is 7.10. The summed E-state index contributed by atoms with van der Waals surface area (Å²) in [7, 11) is 4.89. The molecule has 0 amide bonds. The largest absolute Gasteiger partial charge is 0.372 e. The first kappa shape index (κ1) is 18.2. The predicted octanol–water partition coefficient (Wildman–Crippen LogP) is 2.81. The van der Waals surface area contributed by atoms with Crippen LogP contribution in [-0.4, -0.2) is 87.8 Å². The lowest BCUT2D eigenvalue weighted by atomic mass is 9.82. The third kappa shape index (κ3) is 4.23. The lowest BCUT2D eigenvalue weighted by molar-refractivity contribution is -0.916. The van der Waals surface area contributed by atoms with Gasteiger partial charge in [-0.2, -0.15) is 0 Å². The molecule has 4 aliphatic heterocycles. The summed E-state index contributed by atoms with van der Waals surface area (Å²) in [5, 5.41) is 0. The zero-order chi connectivity index (χ0) is 17.4. The van der Waals surface area contributed by atoms with Gasteiger partial charge in [-0.25, -0.2) is 0 Å². The van der Waals surface area contributed by atoms with Crippen LogP contribution in [0.4, 0.5) is 0 Å². The van der Waals surface area contributed by atoms with Gasteiger partial charge in [0.25, 0.3) is 0 Å². The van der Waals surface area contributed by atoms with Crippen LogP contribution in [0, 0.1) is 5.41 Å². The lowest BCUT2D eigenvalue weighted by Gasteiger charge is -2.39. The minimum atomic E-state index is 0.333. The maximum absolute atomic E-state index is 6.32. The molecule has 0 bridgehead atoms. The zero-order valence-corrected chi connectivity index (χ0v) is 16.7. The number of nitrogens with zero attached hydrogens (tertiary/aromatic N) is 2. The second-order valence-corrected chi connectivity index (χ2v) is 10.4. The molecule has 4 rings (SSSR count). The fourth-order valence-corrected chi connectivity index (χ4v) is 6.17. The summed E-state index contributed by atoms with van der Waals surface area (Å²) in [4.78, 5) is 0. The van der Waals surface area contributed by atoms with Crippen LogP contribution in [0.5, 0.6) is 0 Å². The number of likely N-dealkylation sites (N-methyl/N-ethyl adjacent to an activating group) is 2. The molecule has 4 heterocycles. The van der Waals surface area contributed by atoms with Crippen molar-refractivity contribution < 1.29 is 18.4 Å². The van der Waals surface area contributed by atoms with E-state index >= 15 is 0 Å². The van der Waals surface area contributed by atoms with Gasteiger partial charge in [0.05, 0.1) is 53.5 Å². The summed E-state index contributed by atoms with van der Waals surface area (Å²) >= 11 is 0. The van der Waals surface area contributed by atoms with Crippen molar-refractivity contribution in [1.82, 2.24) is 0 Å². The van der Waals surface area contributed by atoms with Crippen LogP contribution >= 0.6 is 0 Å². The highest BCUT2D eigenvalue weighted by Crippen LogP contribution is 2.43. The Morgan fingerprint density at radius 3 is 1.48 bits per heavy atom. The Morgan fingerprint density at radius 2 is 1.08 bits per heavy atom. The number of hydrogen-bond donors (Lipinski definition) is 0. The van der Waals surface area contributed by atoms with Gasteiger partial charge >= 0.3 is 0 Å². The molecular weight excluding hydrogens is 312 g/mol. The number of rotatable bonds is 4. The molecule has 4 nitrogen and oxygen atoms in total. The molecule has 4 saturated heterocycles. The van der Waals surface area contributed by atoms with E-state index in [1.54, 1.807) is 0 Å². The third-order valence-electron chi connectivity index (χ3n) is 7.65. The quantitative estimate of drug-likeness (QED) is 0.725. The van der Waals surface area contributed by atoms with Gasteiger partial charge in [-0.3, -0.25) is 0 Å². The summed E-state index contributed by atoms with van der Waals surface area (Å²) in [5.41, 5.74) is 0.333.